The SMILES string of the molecule is COCc1ccccc1C#CCCNc1ncnc2c(C)cc(C)cc12. The van der Waals surface area contributed by atoms with E-state index in [1.807, 2.05) is 24.3 Å². The quantitative estimate of drug-likeness (QED) is 0.555. The van der Waals surface area contributed by atoms with Crippen molar-refractivity contribution in [2.24, 2.45) is 0 Å². The highest BCUT2D eigenvalue weighted by atomic mass is 16.5. The third-order valence-electron chi connectivity index (χ3n) is 4.16. The van der Waals surface area contributed by atoms with Crippen LogP contribution in [0, 0.1) is 25.7 Å². The maximum atomic E-state index is 5.22. The molecule has 3 aromatic rings. The van der Waals surface area contributed by atoms with E-state index in [4.69, 9.17) is 4.74 Å². The van der Waals surface area contributed by atoms with Crippen LogP contribution in [0.15, 0.2) is 42.7 Å². The first-order chi connectivity index (χ1) is 12.7. The molecule has 4 heteroatoms. The number of hydrogen-bond donors (Lipinski definition) is 1. The number of benzene rings is 2. The van der Waals surface area contributed by atoms with Gasteiger partial charge in [-0.1, -0.05) is 36.1 Å². The summed E-state index contributed by atoms with van der Waals surface area (Å²) < 4.78 is 5.22. The highest BCUT2D eigenvalue weighted by molar-refractivity contribution is 5.91. The Kier molecular flexibility index (Phi) is 5.83. The van der Waals surface area contributed by atoms with E-state index in [9.17, 15) is 0 Å². The predicted molar refractivity (Wildman–Crippen MR) is 106 cm³/mol. The number of fused-ring (bicyclic) bond motifs is 1. The second-order valence-electron chi connectivity index (χ2n) is 6.27. The molecular formula is C22H23N3O. The van der Waals surface area contributed by atoms with Crippen molar-refractivity contribution in [2.45, 2.75) is 26.9 Å². The Bertz CT molecular complexity index is 970. The molecule has 26 heavy (non-hydrogen) atoms. The van der Waals surface area contributed by atoms with Crippen LogP contribution in [0.25, 0.3) is 10.9 Å². The molecule has 0 unspecified atom stereocenters. The molecule has 4 nitrogen and oxygen atoms in total. The second kappa shape index (κ2) is 8.46. The average molecular weight is 345 g/mol. The molecule has 0 amide bonds. The molecule has 0 bridgehead atoms. The summed E-state index contributed by atoms with van der Waals surface area (Å²) in [6.07, 6.45) is 2.34. The van der Waals surface area contributed by atoms with Gasteiger partial charge in [-0.25, -0.2) is 9.97 Å². The fourth-order valence-corrected chi connectivity index (χ4v) is 2.99. The Morgan fingerprint density at radius 3 is 2.81 bits per heavy atom. The van der Waals surface area contributed by atoms with Gasteiger partial charge >= 0.3 is 0 Å². The normalized spacial score (nSPS) is 10.4. The maximum absolute atomic E-state index is 5.22. The molecule has 0 aliphatic heterocycles. The number of hydrogen-bond acceptors (Lipinski definition) is 4. The van der Waals surface area contributed by atoms with Gasteiger partial charge in [0.05, 0.1) is 12.1 Å². The number of ether oxygens (including phenoxy) is 1. The highest BCUT2D eigenvalue weighted by Crippen LogP contribution is 2.23. The highest BCUT2D eigenvalue weighted by Gasteiger charge is 2.06. The van der Waals surface area contributed by atoms with Crippen LogP contribution in [0.5, 0.6) is 0 Å². The molecule has 1 N–H and O–H groups in total. The molecule has 2 aromatic carbocycles. The van der Waals surface area contributed by atoms with Crippen LogP contribution in [0.3, 0.4) is 0 Å². The zero-order valence-electron chi connectivity index (χ0n) is 15.5. The Labute approximate surface area is 154 Å². The summed E-state index contributed by atoms with van der Waals surface area (Å²) in [7, 11) is 1.70. The molecule has 0 saturated carbocycles. The first kappa shape index (κ1) is 17.9. The van der Waals surface area contributed by atoms with Gasteiger partial charge in [0, 0.05) is 31.0 Å². The molecule has 0 aliphatic carbocycles. The topological polar surface area (TPSA) is 47.0 Å². The molecule has 132 valence electrons. The third-order valence-corrected chi connectivity index (χ3v) is 4.16. The van der Waals surface area contributed by atoms with Gasteiger partial charge in [-0.2, -0.15) is 0 Å². The molecule has 0 saturated heterocycles. The first-order valence-electron chi connectivity index (χ1n) is 8.70. The average Bonchev–Trinajstić information content (AvgIpc) is 2.63. The predicted octanol–water partition coefficient (Wildman–Crippen LogP) is 4.25. The lowest BCUT2D eigenvalue weighted by Gasteiger charge is -2.09. The fourth-order valence-electron chi connectivity index (χ4n) is 2.99. The summed E-state index contributed by atoms with van der Waals surface area (Å²) >= 11 is 0. The lowest BCUT2D eigenvalue weighted by atomic mass is 10.1. The molecular weight excluding hydrogens is 322 g/mol. The number of rotatable bonds is 5. The molecule has 0 spiro atoms. The summed E-state index contributed by atoms with van der Waals surface area (Å²) in [6.45, 7) is 5.48. The standard InChI is InChI=1S/C22H23N3O/c1-16-12-17(2)21-20(13-16)22(25-15-24-21)23-11-7-6-9-18-8-4-5-10-19(18)14-26-3/h4-5,8,10,12-13,15H,7,11,14H2,1-3H3,(H,23,24,25). The van der Waals surface area contributed by atoms with Gasteiger partial charge in [-0.15, -0.1) is 0 Å². The summed E-state index contributed by atoms with van der Waals surface area (Å²) in [5, 5.41) is 4.45. The van der Waals surface area contributed by atoms with Gasteiger partial charge in [-0.3, -0.25) is 0 Å². The maximum Gasteiger partial charge on any atom is 0.137 e. The summed E-state index contributed by atoms with van der Waals surface area (Å²) in [5.74, 6) is 7.33. The number of methoxy groups -OCH3 is 1. The van der Waals surface area contributed by atoms with Crippen molar-refractivity contribution in [2.75, 3.05) is 19.0 Å². The van der Waals surface area contributed by atoms with Crippen LogP contribution in [-0.2, 0) is 11.3 Å². The van der Waals surface area contributed by atoms with Gasteiger partial charge in [0.2, 0.25) is 0 Å². The van der Waals surface area contributed by atoms with Crippen molar-refractivity contribution in [1.29, 1.82) is 0 Å². The number of nitrogens with zero attached hydrogens (tertiary/aromatic N) is 2. The number of nitrogens with one attached hydrogen (secondary N) is 1. The van der Waals surface area contributed by atoms with Gasteiger partial charge in [0.25, 0.3) is 0 Å². The van der Waals surface area contributed by atoms with Gasteiger partial charge in [0.1, 0.15) is 12.1 Å². The van der Waals surface area contributed by atoms with Crippen LogP contribution in [0.2, 0.25) is 0 Å². The van der Waals surface area contributed by atoms with Crippen LogP contribution in [-0.4, -0.2) is 23.6 Å². The Morgan fingerprint density at radius 1 is 1.12 bits per heavy atom. The van der Waals surface area contributed by atoms with E-state index in [2.05, 4.69) is 53.1 Å². The summed E-state index contributed by atoms with van der Waals surface area (Å²) in [4.78, 5) is 8.80. The monoisotopic (exact) mass is 345 g/mol. The van der Waals surface area contributed by atoms with Crippen molar-refractivity contribution >= 4 is 16.7 Å². The van der Waals surface area contributed by atoms with E-state index >= 15 is 0 Å². The minimum Gasteiger partial charge on any atom is -0.380 e. The van der Waals surface area contributed by atoms with Crippen LogP contribution < -0.4 is 5.32 Å². The molecule has 0 aliphatic rings. The van der Waals surface area contributed by atoms with Crippen LogP contribution >= 0.6 is 0 Å². The third kappa shape index (κ3) is 4.19. The van der Waals surface area contributed by atoms with E-state index in [-0.39, 0.29) is 0 Å². The van der Waals surface area contributed by atoms with E-state index in [1.54, 1.807) is 13.4 Å². The van der Waals surface area contributed by atoms with E-state index in [1.165, 1.54) is 11.1 Å². The first-order valence-corrected chi connectivity index (χ1v) is 8.70. The van der Waals surface area contributed by atoms with E-state index < -0.39 is 0 Å². The minimum atomic E-state index is 0.578. The van der Waals surface area contributed by atoms with E-state index in [0.29, 0.717) is 6.61 Å². The number of aryl methyl sites for hydroxylation is 2. The number of aromatic nitrogens is 2. The van der Waals surface area contributed by atoms with Crippen LogP contribution in [0.4, 0.5) is 5.82 Å². The molecule has 0 radical (unpaired) electrons. The fraction of sp³-hybridized carbons (Fsp3) is 0.273. The smallest absolute Gasteiger partial charge is 0.137 e. The van der Waals surface area contributed by atoms with Crippen molar-refractivity contribution in [3.63, 3.8) is 0 Å². The van der Waals surface area contributed by atoms with Crippen molar-refractivity contribution in [1.82, 2.24) is 9.97 Å². The van der Waals surface area contributed by atoms with Crippen molar-refractivity contribution in [3.05, 3.63) is 65.0 Å². The molecule has 1 aromatic heterocycles. The largest absolute Gasteiger partial charge is 0.380 e. The second-order valence-corrected chi connectivity index (χ2v) is 6.27. The summed E-state index contributed by atoms with van der Waals surface area (Å²) in [5.41, 5.74) is 5.51. The van der Waals surface area contributed by atoms with Gasteiger partial charge in [0.15, 0.2) is 0 Å². The zero-order chi connectivity index (χ0) is 18.4. The summed E-state index contributed by atoms with van der Waals surface area (Å²) in [6, 6.07) is 12.3. The molecule has 0 fully saturated rings. The van der Waals surface area contributed by atoms with Gasteiger partial charge < -0.3 is 10.1 Å². The molecule has 3 rings (SSSR count). The zero-order valence-corrected chi connectivity index (χ0v) is 15.5. The molecule has 1 heterocycles. The Hall–Kier alpha value is -2.90. The lowest BCUT2D eigenvalue weighted by molar-refractivity contribution is 0.184. The minimum absolute atomic E-state index is 0.578. The van der Waals surface area contributed by atoms with Crippen molar-refractivity contribution < 1.29 is 4.74 Å². The van der Waals surface area contributed by atoms with Gasteiger partial charge in [-0.05, 0) is 42.7 Å². The Morgan fingerprint density at radius 2 is 1.96 bits per heavy atom. The Balaban J connectivity index is 1.68. The van der Waals surface area contributed by atoms with Crippen molar-refractivity contribution in [3.8, 4) is 11.8 Å². The van der Waals surface area contributed by atoms with E-state index in [0.717, 1.165) is 40.8 Å². The van der Waals surface area contributed by atoms with Crippen LogP contribution in [0.1, 0.15) is 28.7 Å². The number of anilines is 1. The molecule has 0 atom stereocenters. The lowest BCUT2D eigenvalue weighted by Crippen LogP contribution is -2.04.